The summed E-state index contributed by atoms with van der Waals surface area (Å²) in [4.78, 5) is 11.8. The maximum Gasteiger partial charge on any atom is 0.339 e. The third-order valence-electron chi connectivity index (χ3n) is 6.33. The van der Waals surface area contributed by atoms with Crippen molar-refractivity contribution in [2.24, 2.45) is 0 Å². The lowest BCUT2D eigenvalue weighted by molar-refractivity contribution is 0.0691. The maximum atomic E-state index is 11.8. The molecule has 0 saturated carbocycles. The number of carboxylic acids is 1. The molecule has 0 spiro atoms. The summed E-state index contributed by atoms with van der Waals surface area (Å²) in [5.74, 6) is 1.07. The van der Waals surface area contributed by atoms with Gasteiger partial charge in [-0.3, -0.25) is 0 Å². The van der Waals surface area contributed by atoms with Crippen molar-refractivity contribution >= 4 is 5.97 Å². The zero-order chi connectivity index (χ0) is 26.5. The maximum absolute atomic E-state index is 11.8. The van der Waals surface area contributed by atoms with Crippen LogP contribution in [0.3, 0.4) is 0 Å². The van der Waals surface area contributed by atoms with E-state index < -0.39 is 5.97 Å². The molecule has 0 radical (unpaired) electrons. The number of carboxylic acid groups (broad SMARTS) is 1. The SMILES string of the molecule is Cc1c(COc2ccc(C(=O)O)c(OCc3cccc(C#N)c3)c2)cccc1-c1ccc2c(c1)OCCO2. The van der Waals surface area contributed by atoms with Crippen LogP contribution in [0.25, 0.3) is 11.1 Å². The van der Waals surface area contributed by atoms with Crippen molar-refractivity contribution < 1.29 is 28.8 Å². The van der Waals surface area contributed by atoms with E-state index in [9.17, 15) is 9.90 Å². The summed E-state index contributed by atoms with van der Waals surface area (Å²) in [6.07, 6.45) is 0. The second-order valence-corrected chi connectivity index (χ2v) is 8.80. The molecule has 1 aliphatic rings. The Kier molecular flexibility index (Phi) is 7.14. The number of ether oxygens (including phenoxy) is 4. The molecule has 1 heterocycles. The highest BCUT2D eigenvalue weighted by atomic mass is 16.6. The first kappa shape index (κ1) is 24.7. The molecule has 1 aliphatic heterocycles. The van der Waals surface area contributed by atoms with Crippen LogP contribution in [-0.4, -0.2) is 24.3 Å². The molecular formula is C31H25NO6. The van der Waals surface area contributed by atoms with E-state index in [0.717, 1.165) is 39.3 Å². The van der Waals surface area contributed by atoms with Crippen molar-refractivity contribution in [2.45, 2.75) is 20.1 Å². The third kappa shape index (κ3) is 5.40. The monoisotopic (exact) mass is 507 g/mol. The van der Waals surface area contributed by atoms with Gasteiger partial charge in [0.05, 0.1) is 11.6 Å². The van der Waals surface area contributed by atoms with Gasteiger partial charge < -0.3 is 24.1 Å². The van der Waals surface area contributed by atoms with Crippen LogP contribution < -0.4 is 18.9 Å². The van der Waals surface area contributed by atoms with Gasteiger partial charge in [-0.2, -0.15) is 5.26 Å². The lowest BCUT2D eigenvalue weighted by Crippen LogP contribution is -2.15. The lowest BCUT2D eigenvalue weighted by Gasteiger charge is -2.20. The van der Waals surface area contributed by atoms with E-state index in [1.54, 1.807) is 30.3 Å². The lowest BCUT2D eigenvalue weighted by atomic mass is 9.96. The van der Waals surface area contributed by atoms with Crippen LogP contribution in [-0.2, 0) is 13.2 Å². The Morgan fingerprint density at radius 1 is 0.921 bits per heavy atom. The number of hydrogen-bond acceptors (Lipinski definition) is 6. The van der Waals surface area contributed by atoms with Gasteiger partial charge in [0.25, 0.3) is 0 Å². The molecule has 1 N–H and O–H groups in total. The van der Waals surface area contributed by atoms with E-state index in [4.69, 9.17) is 24.2 Å². The summed E-state index contributed by atoms with van der Waals surface area (Å²) in [6, 6.07) is 25.7. The van der Waals surface area contributed by atoms with E-state index >= 15 is 0 Å². The highest BCUT2D eigenvalue weighted by Gasteiger charge is 2.16. The quantitative estimate of drug-likeness (QED) is 0.305. The predicted octanol–water partition coefficient (Wildman–Crippen LogP) is 6.16. The van der Waals surface area contributed by atoms with Crippen LogP contribution in [0.15, 0.2) is 78.9 Å². The van der Waals surface area contributed by atoms with E-state index in [-0.39, 0.29) is 17.9 Å². The van der Waals surface area contributed by atoms with Crippen molar-refractivity contribution in [3.63, 3.8) is 0 Å². The van der Waals surface area contributed by atoms with Gasteiger partial charge in [-0.1, -0.05) is 36.4 Å². The molecule has 7 nitrogen and oxygen atoms in total. The molecule has 4 aromatic rings. The molecule has 4 aromatic carbocycles. The van der Waals surface area contributed by atoms with Crippen molar-refractivity contribution in [3.8, 4) is 40.2 Å². The molecule has 0 aliphatic carbocycles. The average Bonchev–Trinajstić information content (AvgIpc) is 2.95. The van der Waals surface area contributed by atoms with Crippen molar-refractivity contribution in [1.82, 2.24) is 0 Å². The Hall–Kier alpha value is -4.96. The summed E-state index contributed by atoms with van der Waals surface area (Å²) < 4.78 is 23.3. The largest absolute Gasteiger partial charge is 0.489 e. The highest BCUT2D eigenvalue weighted by Crippen LogP contribution is 2.36. The van der Waals surface area contributed by atoms with Gasteiger partial charge >= 0.3 is 5.97 Å². The predicted molar refractivity (Wildman–Crippen MR) is 141 cm³/mol. The number of aromatic carboxylic acids is 1. The van der Waals surface area contributed by atoms with Gasteiger partial charge in [0, 0.05) is 6.07 Å². The molecule has 7 heteroatoms. The first-order valence-electron chi connectivity index (χ1n) is 12.1. The molecule has 0 unspecified atom stereocenters. The molecule has 0 bridgehead atoms. The van der Waals surface area contributed by atoms with Gasteiger partial charge in [-0.25, -0.2) is 4.79 Å². The second kappa shape index (κ2) is 11.0. The second-order valence-electron chi connectivity index (χ2n) is 8.80. The minimum atomic E-state index is -1.10. The van der Waals surface area contributed by atoms with Crippen LogP contribution >= 0.6 is 0 Å². The fraction of sp³-hybridized carbons (Fsp3) is 0.161. The summed E-state index contributed by atoms with van der Waals surface area (Å²) in [5, 5.41) is 18.7. The van der Waals surface area contributed by atoms with Crippen molar-refractivity contribution in [2.75, 3.05) is 13.2 Å². The van der Waals surface area contributed by atoms with Gasteiger partial charge in [-0.05, 0) is 71.1 Å². The van der Waals surface area contributed by atoms with E-state index in [1.165, 1.54) is 6.07 Å². The van der Waals surface area contributed by atoms with Gasteiger partial charge in [0.2, 0.25) is 0 Å². The smallest absolute Gasteiger partial charge is 0.339 e. The van der Waals surface area contributed by atoms with Crippen LogP contribution in [0, 0.1) is 18.3 Å². The number of hydrogen-bond donors (Lipinski definition) is 1. The number of nitriles is 1. The molecular weight excluding hydrogens is 482 g/mol. The van der Waals surface area contributed by atoms with E-state index in [2.05, 4.69) is 12.1 Å². The summed E-state index contributed by atoms with van der Waals surface area (Å²) in [6.45, 7) is 3.53. The first-order valence-corrected chi connectivity index (χ1v) is 12.1. The molecule has 190 valence electrons. The average molecular weight is 508 g/mol. The fourth-order valence-electron chi connectivity index (χ4n) is 4.30. The van der Waals surface area contributed by atoms with Crippen molar-refractivity contribution in [1.29, 1.82) is 5.26 Å². The van der Waals surface area contributed by atoms with Crippen LogP contribution in [0.4, 0.5) is 0 Å². The van der Waals surface area contributed by atoms with Crippen LogP contribution in [0.1, 0.15) is 32.6 Å². The normalized spacial score (nSPS) is 11.9. The zero-order valence-corrected chi connectivity index (χ0v) is 20.8. The Labute approximate surface area is 220 Å². The summed E-state index contributed by atoms with van der Waals surface area (Å²) in [7, 11) is 0. The summed E-state index contributed by atoms with van der Waals surface area (Å²) >= 11 is 0. The molecule has 0 atom stereocenters. The number of benzene rings is 4. The van der Waals surface area contributed by atoms with Gasteiger partial charge in [0.1, 0.15) is 43.5 Å². The minimum absolute atomic E-state index is 0.0329. The molecule has 0 saturated heterocycles. The van der Waals surface area contributed by atoms with E-state index in [1.807, 2.05) is 43.3 Å². The van der Waals surface area contributed by atoms with Crippen molar-refractivity contribution in [3.05, 3.63) is 107 Å². The molecule has 0 fully saturated rings. The molecule has 0 aromatic heterocycles. The molecule has 0 amide bonds. The topological polar surface area (TPSA) is 98.0 Å². The minimum Gasteiger partial charge on any atom is -0.489 e. The number of nitrogens with zero attached hydrogens (tertiary/aromatic N) is 1. The Morgan fingerprint density at radius 3 is 2.55 bits per heavy atom. The van der Waals surface area contributed by atoms with Gasteiger partial charge in [-0.15, -0.1) is 0 Å². The van der Waals surface area contributed by atoms with Crippen LogP contribution in [0.2, 0.25) is 0 Å². The highest BCUT2D eigenvalue weighted by molar-refractivity contribution is 5.91. The summed E-state index contributed by atoms with van der Waals surface area (Å²) in [5.41, 5.74) is 5.46. The standard InChI is InChI=1S/C31H25NO6/c1-20-24(6-3-7-26(20)23-8-11-28-30(15-23)36-13-12-35-28)19-37-25-9-10-27(31(33)34)29(16-25)38-18-22-5-2-4-21(14-22)17-32/h2-11,14-16H,12-13,18-19H2,1H3,(H,33,34). The van der Waals surface area contributed by atoms with Crippen LogP contribution in [0.5, 0.6) is 23.0 Å². The number of fused-ring (bicyclic) bond motifs is 1. The Morgan fingerprint density at radius 2 is 1.74 bits per heavy atom. The number of rotatable bonds is 8. The fourth-order valence-corrected chi connectivity index (χ4v) is 4.30. The Bertz CT molecular complexity index is 1540. The third-order valence-corrected chi connectivity index (χ3v) is 6.33. The zero-order valence-electron chi connectivity index (χ0n) is 20.8. The molecule has 5 rings (SSSR count). The molecule has 38 heavy (non-hydrogen) atoms. The van der Waals surface area contributed by atoms with E-state index in [0.29, 0.717) is 31.1 Å². The van der Waals surface area contributed by atoms with Gasteiger partial charge in [0.15, 0.2) is 11.5 Å². The number of carbonyl (C=O) groups is 1. The Balaban J connectivity index is 1.33. The first-order chi connectivity index (χ1) is 18.5.